The van der Waals surface area contributed by atoms with Gasteiger partial charge in [-0.25, -0.2) is 0 Å². The minimum absolute atomic E-state index is 0.106. The van der Waals surface area contributed by atoms with E-state index in [1.807, 2.05) is 30.3 Å². The third kappa shape index (κ3) is 2.00. The molecular formula is C10H6N4OSSe. The van der Waals surface area contributed by atoms with Crippen LogP contribution in [-0.4, -0.2) is 34.1 Å². The van der Waals surface area contributed by atoms with Crippen molar-refractivity contribution in [2.45, 2.75) is 0 Å². The van der Waals surface area contributed by atoms with E-state index in [0.717, 1.165) is 15.7 Å². The van der Waals surface area contributed by atoms with Gasteiger partial charge in [0.15, 0.2) is 0 Å². The molecule has 0 saturated heterocycles. The van der Waals surface area contributed by atoms with Gasteiger partial charge in [-0.2, -0.15) is 0 Å². The molecule has 3 aromatic rings. The van der Waals surface area contributed by atoms with Crippen molar-refractivity contribution in [2.24, 2.45) is 0 Å². The van der Waals surface area contributed by atoms with Crippen molar-refractivity contribution in [3.05, 3.63) is 35.2 Å². The Balaban J connectivity index is 2.15. The topological polar surface area (TPSA) is 67.6 Å². The normalized spacial score (nSPS) is 10.6. The van der Waals surface area contributed by atoms with Crippen molar-refractivity contribution in [2.75, 3.05) is 0 Å². The number of nitrogens with one attached hydrogen (secondary N) is 1. The molecule has 0 saturated carbocycles. The summed E-state index contributed by atoms with van der Waals surface area (Å²) in [5.41, 5.74) is 1.82. The van der Waals surface area contributed by atoms with E-state index in [1.54, 1.807) is 0 Å². The van der Waals surface area contributed by atoms with Gasteiger partial charge in [0.2, 0.25) is 0 Å². The zero-order chi connectivity index (χ0) is 11.7. The molecular weight excluding hydrogens is 303 g/mol. The number of hydrogen-bond acceptors (Lipinski definition) is 5. The fourth-order valence-electron chi connectivity index (χ4n) is 1.44. The van der Waals surface area contributed by atoms with Gasteiger partial charge < -0.3 is 0 Å². The Morgan fingerprint density at radius 1 is 1.24 bits per heavy atom. The SMILES string of the molecule is S=c1[nH]nc(-c2[se]nnc2-c2ccccc2)o1. The van der Waals surface area contributed by atoms with Crippen LogP contribution < -0.4 is 0 Å². The standard InChI is InChI=1S/C10H6N4OSSe/c16-10-13-12-9(15-10)8-7(11-14-17-8)6-4-2-1-3-5-6/h1-5H,(H,13,16). The molecule has 1 aromatic carbocycles. The summed E-state index contributed by atoms with van der Waals surface area (Å²) in [7, 11) is 0. The van der Waals surface area contributed by atoms with Crippen molar-refractivity contribution in [3.8, 4) is 21.6 Å². The van der Waals surface area contributed by atoms with Crippen LogP contribution >= 0.6 is 12.2 Å². The second-order valence-corrected chi connectivity index (χ2v) is 5.19. The summed E-state index contributed by atoms with van der Waals surface area (Å²) >= 11 is 4.76. The van der Waals surface area contributed by atoms with Gasteiger partial charge in [0.05, 0.1) is 0 Å². The van der Waals surface area contributed by atoms with Crippen molar-refractivity contribution < 1.29 is 4.42 Å². The maximum absolute atomic E-state index is 5.31. The van der Waals surface area contributed by atoms with E-state index in [0.29, 0.717) is 5.89 Å². The summed E-state index contributed by atoms with van der Waals surface area (Å²) in [6, 6.07) is 9.84. The molecule has 17 heavy (non-hydrogen) atoms. The second kappa shape index (κ2) is 4.37. The first kappa shape index (κ1) is 10.6. The Morgan fingerprint density at radius 3 is 2.76 bits per heavy atom. The van der Waals surface area contributed by atoms with Crippen LogP contribution in [-0.2, 0) is 0 Å². The van der Waals surface area contributed by atoms with E-state index >= 15 is 0 Å². The van der Waals surface area contributed by atoms with E-state index in [2.05, 4.69) is 19.4 Å². The van der Waals surface area contributed by atoms with Crippen molar-refractivity contribution in [3.63, 3.8) is 0 Å². The van der Waals surface area contributed by atoms with Gasteiger partial charge >= 0.3 is 108 Å². The van der Waals surface area contributed by atoms with Crippen LogP contribution in [0.5, 0.6) is 0 Å². The molecule has 0 aliphatic rings. The number of benzene rings is 1. The van der Waals surface area contributed by atoms with E-state index in [-0.39, 0.29) is 19.6 Å². The second-order valence-electron chi connectivity index (χ2n) is 3.23. The fraction of sp³-hybridized carbons (Fsp3) is 0. The van der Waals surface area contributed by atoms with Crippen molar-refractivity contribution in [1.29, 1.82) is 0 Å². The summed E-state index contributed by atoms with van der Waals surface area (Å²) in [6.07, 6.45) is 0. The molecule has 0 bridgehead atoms. The van der Waals surface area contributed by atoms with Gasteiger partial charge in [0, 0.05) is 0 Å². The number of hydrogen-bond donors (Lipinski definition) is 1. The zero-order valence-corrected chi connectivity index (χ0v) is 11.0. The van der Waals surface area contributed by atoms with E-state index in [1.165, 1.54) is 0 Å². The Labute approximate surface area is 107 Å². The fourth-order valence-corrected chi connectivity index (χ4v) is 2.86. The molecule has 2 heterocycles. The van der Waals surface area contributed by atoms with Crippen LogP contribution in [0.25, 0.3) is 21.6 Å². The molecule has 0 spiro atoms. The molecule has 3 rings (SSSR count). The maximum atomic E-state index is 5.31. The molecule has 0 unspecified atom stereocenters. The molecule has 0 fully saturated rings. The van der Waals surface area contributed by atoms with Crippen LogP contribution in [0.2, 0.25) is 0 Å². The first-order valence-corrected chi connectivity index (χ1v) is 6.81. The van der Waals surface area contributed by atoms with Gasteiger partial charge in [-0.1, -0.05) is 0 Å². The Hall–Kier alpha value is -1.56. The van der Waals surface area contributed by atoms with Crippen LogP contribution in [0.3, 0.4) is 0 Å². The van der Waals surface area contributed by atoms with Crippen molar-refractivity contribution in [1.82, 2.24) is 19.4 Å². The number of aromatic nitrogens is 4. The molecule has 0 aliphatic heterocycles. The molecule has 2 aromatic heterocycles. The molecule has 1 N–H and O–H groups in total. The van der Waals surface area contributed by atoms with Gasteiger partial charge in [0.1, 0.15) is 0 Å². The Morgan fingerprint density at radius 2 is 2.06 bits per heavy atom. The van der Waals surface area contributed by atoms with Gasteiger partial charge in [-0.3, -0.25) is 0 Å². The summed E-state index contributed by atoms with van der Waals surface area (Å²) < 4.78 is 10.3. The first-order valence-electron chi connectivity index (χ1n) is 4.78. The summed E-state index contributed by atoms with van der Waals surface area (Å²) in [5, 5.41) is 10.8. The molecule has 0 radical (unpaired) electrons. The van der Waals surface area contributed by atoms with Gasteiger partial charge in [-0.05, 0) is 0 Å². The van der Waals surface area contributed by atoms with Crippen molar-refractivity contribution >= 4 is 27.0 Å². The van der Waals surface area contributed by atoms with E-state index in [4.69, 9.17) is 16.6 Å². The molecule has 0 aliphatic carbocycles. The predicted octanol–water partition coefficient (Wildman–Crippen LogP) is 1.91. The molecule has 0 amide bonds. The number of aromatic amines is 1. The quantitative estimate of drug-likeness (QED) is 0.578. The minimum atomic E-state index is -0.106. The number of nitrogens with zero attached hydrogens (tertiary/aromatic N) is 3. The molecule has 0 atom stereocenters. The molecule has 84 valence electrons. The van der Waals surface area contributed by atoms with Crippen LogP contribution in [0, 0.1) is 4.84 Å². The average molecular weight is 309 g/mol. The van der Waals surface area contributed by atoms with Gasteiger partial charge in [0.25, 0.3) is 0 Å². The van der Waals surface area contributed by atoms with Crippen LogP contribution in [0.1, 0.15) is 0 Å². The predicted molar refractivity (Wildman–Crippen MR) is 65.1 cm³/mol. The third-order valence-electron chi connectivity index (χ3n) is 2.17. The average Bonchev–Trinajstić information content (AvgIpc) is 2.98. The van der Waals surface area contributed by atoms with Crippen LogP contribution in [0.4, 0.5) is 0 Å². The third-order valence-corrected chi connectivity index (χ3v) is 3.84. The van der Waals surface area contributed by atoms with Crippen LogP contribution in [0.15, 0.2) is 34.7 Å². The monoisotopic (exact) mass is 310 g/mol. The Kier molecular flexibility index (Phi) is 2.72. The molecule has 5 nitrogen and oxygen atoms in total. The summed E-state index contributed by atoms with van der Waals surface area (Å²) in [4.78, 5) is 0.266. The molecule has 7 heteroatoms. The zero-order valence-electron chi connectivity index (χ0n) is 8.45. The number of rotatable bonds is 2. The first-order chi connectivity index (χ1) is 8.34. The van der Waals surface area contributed by atoms with Gasteiger partial charge in [-0.15, -0.1) is 0 Å². The Bertz CT molecular complexity index is 687. The summed E-state index contributed by atoms with van der Waals surface area (Å²) in [5.74, 6) is 0.485. The van der Waals surface area contributed by atoms with E-state index < -0.39 is 0 Å². The number of H-pyrrole nitrogens is 1. The van der Waals surface area contributed by atoms with E-state index in [9.17, 15) is 0 Å². The summed E-state index contributed by atoms with van der Waals surface area (Å²) in [6.45, 7) is 0.